The number of hydrogen-bond acceptors (Lipinski definition) is 3. The molecule has 0 heterocycles. The van der Waals surface area contributed by atoms with E-state index in [-0.39, 0.29) is 23.9 Å². The van der Waals surface area contributed by atoms with E-state index in [0.29, 0.717) is 6.54 Å². The second-order valence-corrected chi connectivity index (χ2v) is 5.37. The van der Waals surface area contributed by atoms with Gasteiger partial charge in [0.15, 0.2) is 0 Å². The molecule has 0 aliphatic rings. The summed E-state index contributed by atoms with van der Waals surface area (Å²) >= 11 is 0. The molecule has 0 saturated heterocycles. The normalized spacial score (nSPS) is 11.7. The molecule has 0 radical (unpaired) electrons. The number of benzene rings is 1. The summed E-state index contributed by atoms with van der Waals surface area (Å²) in [6, 6.07) is 4.24. The van der Waals surface area contributed by atoms with Gasteiger partial charge >= 0.3 is 0 Å². The van der Waals surface area contributed by atoms with Crippen molar-refractivity contribution in [2.24, 2.45) is 5.92 Å². The Morgan fingerprint density at radius 3 is 2.22 bits per heavy atom. The van der Waals surface area contributed by atoms with Crippen molar-refractivity contribution in [3.05, 3.63) is 35.6 Å². The molecule has 6 nitrogen and oxygen atoms in total. The Kier molecular flexibility index (Phi) is 7.18. The molecule has 1 aromatic rings. The molecule has 23 heavy (non-hydrogen) atoms. The first-order valence-electron chi connectivity index (χ1n) is 7.46. The van der Waals surface area contributed by atoms with E-state index in [1.165, 1.54) is 24.3 Å². The number of halogens is 1. The number of rotatable bonds is 7. The van der Waals surface area contributed by atoms with Crippen molar-refractivity contribution < 1.29 is 18.8 Å². The van der Waals surface area contributed by atoms with Crippen molar-refractivity contribution in [2.75, 3.05) is 13.1 Å². The number of amides is 3. The fourth-order valence-corrected chi connectivity index (χ4v) is 1.90. The SMILES string of the molecule is CCNC(=O)CNC(=O)C(NC(=O)c1ccc(F)cc1)C(C)C. The Morgan fingerprint density at radius 2 is 1.70 bits per heavy atom. The molecule has 7 heteroatoms. The minimum atomic E-state index is -0.790. The molecule has 1 aromatic carbocycles. The third-order valence-electron chi connectivity index (χ3n) is 3.14. The quantitative estimate of drug-likeness (QED) is 0.695. The minimum absolute atomic E-state index is 0.150. The summed E-state index contributed by atoms with van der Waals surface area (Å²) in [5, 5.41) is 7.66. The molecule has 1 unspecified atom stereocenters. The third-order valence-corrected chi connectivity index (χ3v) is 3.14. The number of carbonyl (C=O) groups excluding carboxylic acids is 3. The average molecular weight is 323 g/mol. The summed E-state index contributed by atoms with van der Waals surface area (Å²) in [7, 11) is 0. The fourth-order valence-electron chi connectivity index (χ4n) is 1.90. The van der Waals surface area contributed by atoms with Crippen LogP contribution in [0.4, 0.5) is 4.39 Å². The highest BCUT2D eigenvalue weighted by Gasteiger charge is 2.24. The number of hydrogen-bond donors (Lipinski definition) is 3. The molecule has 0 aliphatic carbocycles. The van der Waals surface area contributed by atoms with Gasteiger partial charge in [0, 0.05) is 12.1 Å². The molecule has 0 spiro atoms. The Balaban J connectivity index is 2.67. The highest BCUT2D eigenvalue weighted by Crippen LogP contribution is 2.06. The first-order valence-corrected chi connectivity index (χ1v) is 7.46. The maximum atomic E-state index is 12.9. The van der Waals surface area contributed by atoms with Gasteiger partial charge in [-0.3, -0.25) is 14.4 Å². The van der Waals surface area contributed by atoms with Gasteiger partial charge in [0.2, 0.25) is 11.8 Å². The first kappa shape index (κ1) is 18.6. The van der Waals surface area contributed by atoms with Crippen molar-refractivity contribution in [3.8, 4) is 0 Å². The van der Waals surface area contributed by atoms with Gasteiger partial charge in [-0.1, -0.05) is 13.8 Å². The second-order valence-electron chi connectivity index (χ2n) is 5.37. The molecule has 0 aliphatic heterocycles. The number of likely N-dealkylation sites (N-methyl/N-ethyl adjacent to an activating group) is 1. The monoisotopic (exact) mass is 323 g/mol. The van der Waals surface area contributed by atoms with Crippen LogP contribution in [0.1, 0.15) is 31.1 Å². The molecule has 0 aromatic heterocycles. The number of nitrogens with one attached hydrogen (secondary N) is 3. The lowest BCUT2D eigenvalue weighted by atomic mass is 10.0. The van der Waals surface area contributed by atoms with Crippen LogP contribution in [0.5, 0.6) is 0 Å². The second kappa shape index (κ2) is 8.87. The van der Waals surface area contributed by atoms with Gasteiger partial charge in [-0.05, 0) is 37.1 Å². The molecule has 3 N–H and O–H groups in total. The molecule has 0 saturated carbocycles. The van der Waals surface area contributed by atoms with E-state index in [4.69, 9.17) is 0 Å². The van der Waals surface area contributed by atoms with E-state index in [0.717, 1.165) is 0 Å². The summed E-state index contributed by atoms with van der Waals surface area (Å²) < 4.78 is 12.9. The summed E-state index contributed by atoms with van der Waals surface area (Å²) in [6.45, 7) is 5.66. The largest absolute Gasteiger partial charge is 0.355 e. The van der Waals surface area contributed by atoms with Crippen LogP contribution in [0.2, 0.25) is 0 Å². The summed E-state index contributed by atoms with van der Waals surface area (Å²) in [5.74, 6) is -1.83. The molecule has 1 rings (SSSR count). The highest BCUT2D eigenvalue weighted by molar-refractivity contribution is 5.98. The van der Waals surface area contributed by atoms with Crippen LogP contribution < -0.4 is 16.0 Å². The number of carbonyl (C=O) groups is 3. The smallest absolute Gasteiger partial charge is 0.251 e. The van der Waals surface area contributed by atoms with Gasteiger partial charge in [-0.15, -0.1) is 0 Å². The van der Waals surface area contributed by atoms with Gasteiger partial charge in [0.1, 0.15) is 11.9 Å². The van der Waals surface area contributed by atoms with Gasteiger partial charge < -0.3 is 16.0 Å². The average Bonchev–Trinajstić information content (AvgIpc) is 2.50. The minimum Gasteiger partial charge on any atom is -0.355 e. The molecule has 3 amide bonds. The Hall–Kier alpha value is -2.44. The molecule has 0 fully saturated rings. The Bertz CT molecular complexity index is 558. The lowest BCUT2D eigenvalue weighted by molar-refractivity contribution is -0.127. The van der Waals surface area contributed by atoms with Gasteiger partial charge in [0.05, 0.1) is 6.54 Å². The van der Waals surface area contributed by atoms with Crippen LogP contribution >= 0.6 is 0 Å². The van der Waals surface area contributed by atoms with E-state index in [2.05, 4.69) is 16.0 Å². The van der Waals surface area contributed by atoms with Gasteiger partial charge in [0.25, 0.3) is 5.91 Å². The third kappa shape index (κ3) is 6.06. The summed E-state index contributed by atoms with van der Waals surface area (Å²) in [6.07, 6.45) is 0. The standard InChI is InChI=1S/C16H22FN3O3/c1-4-18-13(21)9-19-16(23)14(10(2)3)20-15(22)11-5-7-12(17)8-6-11/h5-8,10,14H,4,9H2,1-3H3,(H,18,21)(H,19,23)(H,20,22). The lowest BCUT2D eigenvalue weighted by Crippen LogP contribution is -2.51. The van der Waals surface area contributed by atoms with Crippen LogP contribution in [-0.4, -0.2) is 36.9 Å². The van der Waals surface area contributed by atoms with Gasteiger partial charge in [-0.25, -0.2) is 4.39 Å². The van der Waals surface area contributed by atoms with E-state index in [1.54, 1.807) is 20.8 Å². The summed E-state index contributed by atoms with van der Waals surface area (Å²) in [5.41, 5.74) is 0.258. The van der Waals surface area contributed by atoms with E-state index in [9.17, 15) is 18.8 Å². The van der Waals surface area contributed by atoms with Crippen LogP contribution in [0, 0.1) is 11.7 Å². The zero-order chi connectivity index (χ0) is 17.4. The maximum absolute atomic E-state index is 12.9. The molecular weight excluding hydrogens is 301 g/mol. The van der Waals surface area contributed by atoms with Crippen molar-refractivity contribution in [1.29, 1.82) is 0 Å². The molecule has 126 valence electrons. The van der Waals surface area contributed by atoms with Crippen molar-refractivity contribution in [3.63, 3.8) is 0 Å². The predicted molar refractivity (Wildman–Crippen MR) is 84.2 cm³/mol. The van der Waals surface area contributed by atoms with E-state index < -0.39 is 23.7 Å². The van der Waals surface area contributed by atoms with Crippen LogP contribution in [0.3, 0.4) is 0 Å². The van der Waals surface area contributed by atoms with E-state index >= 15 is 0 Å². The van der Waals surface area contributed by atoms with Gasteiger partial charge in [-0.2, -0.15) is 0 Å². The highest BCUT2D eigenvalue weighted by atomic mass is 19.1. The zero-order valence-corrected chi connectivity index (χ0v) is 13.5. The van der Waals surface area contributed by atoms with Crippen LogP contribution in [-0.2, 0) is 9.59 Å². The van der Waals surface area contributed by atoms with Crippen molar-refractivity contribution >= 4 is 17.7 Å². The Morgan fingerprint density at radius 1 is 1.09 bits per heavy atom. The maximum Gasteiger partial charge on any atom is 0.251 e. The first-order chi connectivity index (χ1) is 10.8. The van der Waals surface area contributed by atoms with Crippen molar-refractivity contribution in [2.45, 2.75) is 26.8 Å². The predicted octanol–water partition coefficient (Wildman–Crippen LogP) is 0.832. The fraction of sp³-hybridized carbons (Fsp3) is 0.438. The summed E-state index contributed by atoms with van der Waals surface area (Å²) in [4.78, 5) is 35.6. The van der Waals surface area contributed by atoms with Crippen LogP contribution in [0.25, 0.3) is 0 Å². The Labute approximate surface area is 134 Å². The topological polar surface area (TPSA) is 87.3 Å². The lowest BCUT2D eigenvalue weighted by Gasteiger charge is -2.21. The molecule has 0 bridgehead atoms. The van der Waals surface area contributed by atoms with E-state index in [1.807, 2.05) is 0 Å². The van der Waals surface area contributed by atoms with Crippen LogP contribution in [0.15, 0.2) is 24.3 Å². The molecular formula is C16H22FN3O3. The zero-order valence-electron chi connectivity index (χ0n) is 13.5. The van der Waals surface area contributed by atoms with Crippen molar-refractivity contribution in [1.82, 2.24) is 16.0 Å². The molecule has 1 atom stereocenters.